The van der Waals surface area contributed by atoms with E-state index in [2.05, 4.69) is 6.58 Å². The third-order valence-electron chi connectivity index (χ3n) is 3.07. The lowest BCUT2D eigenvalue weighted by molar-refractivity contribution is 0.1000. The Morgan fingerprint density at radius 2 is 1.91 bits per heavy atom. The lowest BCUT2D eigenvalue weighted by atomic mass is 10.2. The zero-order valence-electron chi connectivity index (χ0n) is 12.1. The summed E-state index contributed by atoms with van der Waals surface area (Å²) in [5.41, 5.74) is 5.42. The van der Waals surface area contributed by atoms with Crippen molar-refractivity contribution >= 4 is 38.9 Å². The molecule has 0 saturated heterocycles. The quantitative estimate of drug-likeness (QED) is 0.761. The van der Waals surface area contributed by atoms with Gasteiger partial charge in [-0.15, -0.1) is 17.9 Å². The maximum absolute atomic E-state index is 12.7. The molecule has 1 aromatic heterocycles. The van der Waals surface area contributed by atoms with Crippen molar-refractivity contribution in [2.45, 2.75) is 11.4 Å². The van der Waals surface area contributed by atoms with Crippen molar-refractivity contribution in [3.63, 3.8) is 0 Å². The molecule has 23 heavy (non-hydrogen) atoms. The fourth-order valence-electron chi connectivity index (χ4n) is 1.94. The van der Waals surface area contributed by atoms with Gasteiger partial charge in [-0.25, -0.2) is 8.42 Å². The second kappa shape index (κ2) is 7.27. The van der Waals surface area contributed by atoms with Crippen LogP contribution in [0.4, 0.5) is 0 Å². The maximum Gasteiger partial charge on any atom is 0.248 e. The van der Waals surface area contributed by atoms with E-state index in [9.17, 15) is 13.2 Å². The van der Waals surface area contributed by atoms with Crippen molar-refractivity contribution in [1.29, 1.82) is 0 Å². The fraction of sp³-hybridized carbons (Fsp3) is 0.133. The molecule has 1 amide bonds. The van der Waals surface area contributed by atoms with Gasteiger partial charge < -0.3 is 5.73 Å². The van der Waals surface area contributed by atoms with Gasteiger partial charge in [0.2, 0.25) is 15.9 Å². The first-order valence-corrected chi connectivity index (χ1v) is 9.23. The number of nitrogens with two attached hydrogens (primary N) is 1. The first kappa shape index (κ1) is 17.7. The Balaban J connectivity index is 2.31. The maximum atomic E-state index is 12.7. The van der Waals surface area contributed by atoms with Crippen molar-refractivity contribution in [2.24, 2.45) is 5.73 Å². The van der Waals surface area contributed by atoms with Gasteiger partial charge in [0, 0.05) is 23.5 Å². The average Bonchev–Trinajstić information content (AvgIpc) is 2.92. The number of primary amides is 1. The topological polar surface area (TPSA) is 80.5 Å². The molecule has 0 atom stereocenters. The van der Waals surface area contributed by atoms with Gasteiger partial charge in [-0.05, 0) is 36.4 Å². The highest BCUT2D eigenvalue weighted by atomic mass is 35.5. The predicted octanol–water partition coefficient (Wildman–Crippen LogP) is 2.88. The number of hydrogen-bond acceptors (Lipinski definition) is 4. The molecule has 0 aliphatic carbocycles. The highest BCUT2D eigenvalue weighted by Gasteiger charge is 2.24. The van der Waals surface area contributed by atoms with E-state index >= 15 is 0 Å². The van der Waals surface area contributed by atoms with Crippen molar-refractivity contribution in [3.8, 4) is 0 Å². The molecule has 2 N–H and O–H groups in total. The summed E-state index contributed by atoms with van der Waals surface area (Å²) < 4.78 is 27.4. The average molecular weight is 371 g/mol. The molecule has 0 aliphatic heterocycles. The highest BCUT2D eigenvalue weighted by Crippen LogP contribution is 2.25. The first-order valence-electron chi connectivity index (χ1n) is 6.59. The molecule has 0 fully saturated rings. The van der Waals surface area contributed by atoms with Gasteiger partial charge in [0.15, 0.2) is 0 Å². The number of thiophene rings is 1. The molecule has 0 spiro atoms. The van der Waals surface area contributed by atoms with E-state index in [1.54, 1.807) is 12.1 Å². The number of amides is 1. The molecule has 0 radical (unpaired) electrons. The fourth-order valence-corrected chi connectivity index (χ4v) is 4.52. The summed E-state index contributed by atoms with van der Waals surface area (Å²) in [6.45, 7) is 3.96. The number of hydrogen-bond donors (Lipinski definition) is 1. The van der Waals surface area contributed by atoms with Crippen LogP contribution in [-0.4, -0.2) is 25.2 Å². The van der Waals surface area contributed by atoms with E-state index in [1.807, 2.05) is 0 Å². The smallest absolute Gasteiger partial charge is 0.248 e. The SMILES string of the molecule is C=CCN(Cc1ccc(Cl)s1)S(=O)(=O)c1ccc(C(N)=O)cc1. The molecule has 0 unspecified atom stereocenters. The second-order valence-electron chi connectivity index (χ2n) is 4.68. The van der Waals surface area contributed by atoms with Gasteiger partial charge in [-0.1, -0.05) is 17.7 Å². The zero-order valence-corrected chi connectivity index (χ0v) is 14.5. The van der Waals surface area contributed by atoms with E-state index in [0.29, 0.717) is 4.34 Å². The Labute approximate surface area is 144 Å². The Kier molecular flexibility index (Phi) is 5.59. The van der Waals surface area contributed by atoms with Gasteiger partial charge in [0.05, 0.1) is 9.23 Å². The zero-order chi connectivity index (χ0) is 17.0. The van der Waals surface area contributed by atoms with Gasteiger partial charge in [0.1, 0.15) is 0 Å². The van der Waals surface area contributed by atoms with E-state index in [1.165, 1.54) is 46.0 Å². The number of carbonyl (C=O) groups excluding carboxylic acids is 1. The normalized spacial score (nSPS) is 11.6. The van der Waals surface area contributed by atoms with Crippen LogP contribution in [0.3, 0.4) is 0 Å². The summed E-state index contributed by atoms with van der Waals surface area (Å²) in [5, 5.41) is 0. The summed E-state index contributed by atoms with van der Waals surface area (Å²) >= 11 is 7.21. The Bertz CT molecular complexity index is 814. The molecule has 2 rings (SSSR count). The second-order valence-corrected chi connectivity index (χ2v) is 8.42. The summed E-state index contributed by atoms with van der Waals surface area (Å²) in [4.78, 5) is 12.0. The summed E-state index contributed by atoms with van der Waals surface area (Å²) in [5.74, 6) is -0.606. The lowest BCUT2D eigenvalue weighted by Gasteiger charge is -2.20. The largest absolute Gasteiger partial charge is 0.366 e. The molecule has 0 saturated carbocycles. The molecule has 8 heteroatoms. The number of halogens is 1. The predicted molar refractivity (Wildman–Crippen MR) is 92.1 cm³/mol. The van der Waals surface area contributed by atoms with Crippen LogP contribution >= 0.6 is 22.9 Å². The van der Waals surface area contributed by atoms with Crippen molar-refractivity contribution < 1.29 is 13.2 Å². The summed E-state index contributed by atoms with van der Waals surface area (Å²) in [6.07, 6.45) is 1.52. The lowest BCUT2D eigenvalue weighted by Crippen LogP contribution is -2.30. The molecular formula is C15H15ClN2O3S2. The van der Waals surface area contributed by atoms with E-state index in [0.717, 1.165) is 4.88 Å². The molecule has 2 aromatic rings. The summed E-state index contributed by atoms with van der Waals surface area (Å²) in [6, 6.07) is 9.03. The minimum absolute atomic E-state index is 0.0898. The standard InChI is InChI=1S/C15H15ClN2O3S2/c1-2-9-18(10-12-5-8-14(16)22-12)23(20,21)13-6-3-11(4-7-13)15(17)19/h2-8H,1,9-10H2,(H2,17,19). The van der Waals surface area contributed by atoms with Crippen LogP contribution in [0, 0.1) is 0 Å². The molecule has 5 nitrogen and oxygen atoms in total. The molecule has 0 bridgehead atoms. The van der Waals surface area contributed by atoms with E-state index in [-0.39, 0.29) is 23.5 Å². The van der Waals surface area contributed by atoms with Crippen molar-refractivity contribution in [3.05, 3.63) is 63.8 Å². The van der Waals surface area contributed by atoms with E-state index < -0.39 is 15.9 Å². The van der Waals surface area contributed by atoms with Crippen LogP contribution in [0.1, 0.15) is 15.2 Å². The molecule has 0 aliphatic rings. The van der Waals surface area contributed by atoms with E-state index in [4.69, 9.17) is 17.3 Å². The monoisotopic (exact) mass is 370 g/mol. The number of rotatable bonds is 7. The molecule has 122 valence electrons. The number of sulfonamides is 1. The van der Waals surface area contributed by atoms with Crippen LogP contribution in [0.2, 0.25) is 4.34 Å². The minimum atomic E-state index is -3.72. The molecule has 1 heterocycles. The third-order valence-corrected chi connectivity index (χ3v) is 6.11. The van der Waals surface area contributed by atoms with Crippen LogP contribution in [0.25, 0.3) is 0 Å². The number of benzene rings is 1. The Morgan fingerprint density at radius 3 is 2.39 bits per heavy atom. The van der Waals surface area contributed by atoms with Gasteiger partial charge in [0.25, 0.3) is 0 Å². The summed E-state index contributed by atoms with van der Waals surface area (Å²) in [7, 11) is -3.72. The first-order chi connectivity index (χ1) is 10.8. The van der Waals surface area contributed by atoms with Gasteiger partial charge >= 0.3 is 0 Å². The van der Waals surface area contributed by atoms with Gasteiger partial charge in [-0.2, -0.15) is 4.31 Å². The van der Waals surface area contributed by atoms with Gasteiger partial charge in [-0.3, -0.25) is 4.79 Å². The third kappa shape index (κ3) is 4.20. The van der Waals surface area contributed by atoms with Crippen LogP contribution in [0.5, 0.6) is 0 Å². The van der Waals surface area contributed by atoms with Crippen LogP contribution in [-0.2, 0) is 16.6 Å². The van der Waals surface area contributed by atoms with Crippen LogP contribution < -0.4 is 5.73 Å². The Hall–Kier alpha value is -1.67. The highest BCUT2D eigenvalue weighted by molar-refractivity contribution is 7.89. The van der Waals surface area contributed by atoms with Crippen LogP contribution in [0.15, 0.2) is 53.9 Å². The Morgan fingerprint density at radius 1 is 1.26 bits per heavy atom. The van der Waals surface area contributed by atoms with Crippen molar-refractivity contribution in [1.82, 2.24) is 4.31 Å². The molecular weight excluding hydrogens is 356 g/mol. The van der Waals surface area contributed by atoms with Crippen molar-refractivity contribution in [2.75, 3.05) is 6.54 Å². The number of nitrogens with zero attached hydrogens (tertiary/aromatic N) is 1. The molecule has 1 aromatic carbocycles. The minimum Gasteiger partial charge on any atom is -0.366 e. The number of carbonyl (C=O) groups is 1.